The lowest BCUT2D eigenvalue weighted by atomic mass is 9.99. The number of nitrogens with zero attached hydrogens (tertiary/aromatic N) is 1. The van der Waals surface area contributed by atoms with Crippen LogP contribution in [0.2, 0.25) is 5.02 Å². The highest BCUT2D eigenvalue weighted by Gasteiger charge is 2.20. The summed E-state index contributed by atoms with van der Waals surface area (Å²) in [6.07, 6.45) is 0.939. The van der Waals surface area contributed by atoms with Gasteiger partial charge in [0.05, 0.1) is 26.9 Å². The number of rotatable bonds is 7. The Morgan fingerprint density at radius 2 is 1.71 bits per heavy atom. The molecule has 3 rings (SSSR count). The average Bonchev–Trinajstić information content (AvgIpc) is 2.72. The van der Waals surface area contributed by atoms with E-state index in [9.17, 15) is 4.79 Å². The van der Waals surface area contributed by atoms with E-state index in [4.69, 9.17) is 25.8 Å². The van der Waals surface area contributed by atoms with Crippen LogP contribution in [-0.4, -0.2) is 51.8 Å². The first-order valence-corrected chi connectivity index (χ1v) is 9.51. The van der Waals surface area contributed by atoms with Crippen LogP contribution >= 0.6 is 11.6 Å². The first-order valence-electron chi connectivity index (χ1n) is 9.13. The van der Waals surface area contributed by atoms with Crippen LogP contribution < -0.4 is 19.5 Å². The van der Waals surface area contributed by atoms with Crippen molar-refractivity contribution in [2.75, 3.05) is 41.0 Å². The maximum atomic E-state index is 12.4. The Hall–Kier alpha value is -2.44. The Balaban J connectivity index is 1.57. The van der Waals surface area contributed by atoms with Crippen LogP contribution in [0.1, 0.15) is 21.5 Å². The first-order chi connectivity index (χ1) is 13.5. The predicted molar refractivity (Wildman–Crippen MR) is 109 cm³/mol. The quantitative estimate of drug-likeness (QED) is 0.768. The number of fused-ring (bicyclic) bond motifs is 1. The molecule has 0 unspecified atom stereocenters. The smallest absolute Gasteiger partial charge is 0.255 e. The molecule has 0 fully saturated rings. The minimum atomic E-state index is -0.169. The summed E-state index contributed by atoms with van der Waals surface area (Å²) in [6.45, 7) is 3.06. The highest BCUT2D eigenvalue weighted by Crippen LogP contribution is 2.33. The first kappa shape index (κ1) is 20.3. The van der Waals surface area contributed by atoms with Gasteiger partial charge in [0.2, 0.25) is 0 Å². The molecule has 0 saturated carbocycles. The number of carbonyl (C=O) groups is 1. The van der Waals surface area contributed by atoms with E-state index < -0.39 is 0 Å². The van der Waals surface area contributed by atoms with Crippen LogP contribution in [0.5, 0.6) is 17.2 Å². The van der Waals surface area contributed by atoms with Crippen molar-refractivity contribution < 1.29 is 19.0 Å². The highest BCUT2D eigenvalue weighted by molar-refractivity contribution is 6.30. The fraction of sp³-hybridized carbons (Fsp3) is 0.381. The number of halogens is 1. The van der Waals surface area contributed by atoms with Crippen LogP contribution in [0.4, 0.5) is 0 Å². The molecule has 6 nitrogen and oxygen atoms in total. The number of amides is 1. The molecule has 1 N–H and O–H groups in total. The maximum absolute atomic E-state index is 12.4. The number of carbonyl (C=O) groups excluding carboxylic acids is 1. The predicted octanol–water partition coefficient (Wildman–Crippen LogP) is 3.15. The molecule has 2 aromatic carbocycles. The van der Waals surface area contributed by atoms with E-state index in [1.165, 1.54) is 18.2 Å². The van der Waals surface area contributed by atoms with Crippen LogP contribution in [-0.2, 0) is 13.0 Å². The molecule has 28 heavy (non-hydrogen) atoms. The van der Waals surface area contributed by atoms with E-state index in [0.29, 0.717) is 22.9 Å². The Morgan fingerprint density at radius 1 is 1.04 bits per heavy atom. The number of nitrogens with one attached hydrogen (secondary N) is 1. The van der Waals surface area contributed by atoms with E-state index >= 15 is 0 Å². The maximum Gasteiger partial charge on any atom is 0.255 e. The Kier molecular flexibility index (Phi) is 6.65. The molecule has 1 aliphatic rings. The van der Waals surface area contributed by atoms with Crippen LogP contribution in [0.25, 0.3) is 0 Å². The molecule has 0 atom stereocenters. The van der Waals surface area contributed by atoms with E-state index in [-0.39, 0.29) is 5.91 Å². The van der Waals surface area contributed by atoms with Gasteiger partial charge in [0.25, 0.3) is 5.91 Å². The van der Waals surface area contributed by atoms with Crippen LogP contribution in [0.15, 0.2) is 30.3 Å². The lowest BCUT2D eigenvalue weighted by Gasteiger charge is -2.29. The zero-order valence-electron chi connectivity index (χ0n) is 16.4. The lowest BCUT2D eigenvalue weighted by molar-refractivity contribution is 0.0944. The van der Waals surface area contributed by atoms with Crippen molar-refractivity contribution in [1.29, 1.82) is 0 Å². The Labute approximate surface area is 170 Å². The minimum absolute atomic E-state index is 0.169. The average molecular weight is 405 g/mol. The third kappa shape index (κ3) is 4.51. The highest BCUT2D eigenvalue weighted by atomic mass is 35.5. The van der Waals surface area contributed by atoms with Gasteiger partial charge in [-0.1, -0.05) is 11.6 Å². The monoisotopic (exact) mass is 404 g/mol. The second kappa shape index (κ2) is 9.17. The number of methoxy groups -OCH3 is 3. The van der Waals surface area contributed by atoms with Crippen molar-refractivity contribution in [2.45, 2.75) is 13.0 Å². The molecule has 2 aromatic rings. The Bertz CT molecular complexity index is 857. The van der Waals surface area contributed by atoms with Crippen LogP contribution in [0, 0.1) is 0 Å². The van der Waals surface area contributed by atoms with Gasteiger partial charge in [0.15, 0.2) is 11.5 Å². The summed E-state index contributed by atoms with van der Waals surface area (Å²) in [5.41, 5.74) is 2.99. The van der Waals surface area contributed by atoms with E-state index in [1.54, 1.807) is 32.4 Å². The van der Waals surface area contributed by atoms with E-state index in [0.717, 1.165) is 37.6 Å². The zero-order valence-corrected chi connectivity index (χ0v) is 17.1. The van der Waals surface area contributed by atoms with Gasteiger partial charge in [-0.2, -0.15) is 0 Å². The molecule has 0 spiro atoms. The molecule has 150 valence electrons. The molecule has 0 aromatic heterocycles. The SMILES string of the molecule is COc1cc2c(cc1OC)CN(CCNC(=O)c1ccc(Cl)cc1OC)CC2. The summed E-state index contributed by atoms with van der Waals surface area (Å²) in [6, 6.07) is 9.09. The Morgan fingerprint density at radius 3 is 2.39 bits per heavy atom. The summed E-state index contributed by atoms with van der Waals surface area (Å²) < 4.78 is 16.0. The van der Waals surface area contributed by atoms with E-state index in [1.807, 2.05) is 6.07 Å². The molecule has 1 amide bonds. The van der Waals surface area contributed by atoms with Gasteiger partial charge in [-0.3, -0.25) is 9.69 Å². The third-order valence-electron chi connectivity index (χ3n) is 4.92. The lowest BCUT2D eigenvalue weighted by Crippen LogP contribution is -2.38. The number of hydrogen-bond donors (Lipinski definition) is 1. The van der Waals surface area contributed by atoms with Gasteiger partial charge < -0.3 is 19.5 Å². The summed E-state index contributed by atoms with van der Waals surface area (Å²) >= 11 is 5.95. The summed E-state index contributed by atoms with van der Waals surface area (Å²) in [5, 5.41) is 3.49. The number of ether oxygens (including phenoxy) is 3. The topological polar surface area (TPSA) is 60.0 Å². The minimum Gasteiger partial charge on any atom is -0.496 e. The van der Waals surface area contributed by atoms with Gasteiger partial charge in [0.1, 0.15) is 5.75 Å². The van der Waals surface area contributed by atoms with Crippen molar-refractivity contribution in [3.63, 3.8) is 0 Å². The van der Waals surface area contributed by atoms with Gasteiger partial charge in [0, 0.05) is 31.2 Å². The third-order valence-corrected chi connectivity index (χ3v) is 5.15. The molecule has 0 radical (unpaired) electrons. The fourth-order valence-corrected chi connectivity index (χ4v) is 3.57. The molecule has 1 aliphatic heterocycles. The number of benzene rings is 2. The standard InChI is InChI=1S/C21H25ClN2O4/c1-26-18-12-16(22)4-5-17(18)21(25)23-7-9-24-8-6-14-10-19(27-2)20(28-3)11-15(14)13-24/h4-5,10-12H,6-9,13H2,1-3H3,(H,23,25). The molecular formula is C21H25ClN2O4. The van der Waals surface area contributed by atoms with Crippen LogP contribution in [0.3, 0.4) is 0 Å². The van der Waals surface area contributed by atoms with Crippen molar-refractivity contribution in [3.8, 4) is 17.2 Å². The number of hydrogen-bond acceptors (Lipinski definition) is 5. The second-order valence-corrected chi connectivity index (χ2v) is 7.04. The van der Waals surface area contributed by atoms with E-state index in [2.05, 4.69) is 16.3 Å². The summed E-state index contributed by atoms with van der Waals surface area (Å²) in [7, 11) is 4.82. The van der Waals surface area contributed by atoms with Crippen molar-refractivity contribution >= 4 is 17.5 Å². The molecule has 0 aliphatic carbocycles. The summed E-state index contributed by atoms with van der Waals surface area (Å²) in [4.78, 5) is 14.8. The van der Waals surface area contributed by atoms with Crippen molar-refractivity contribution in [2.24, 2.45) is 0 Å². The molecular weight excluding hydrogens is 380 g/mol. The van der Waals surface area contributed by atoms with Gasteiger partial charge >= 0.3 is 0 Å². The largest absolute Gasteiger partial charge is 0.496 e. The molecule has 7 heteroatoms. The second-order valence-electron chi connectivity index (χ2n) is 6.60. The fourth-order valence-electron chi connectivity index (χ4n) is 3.41. The van der Waals surface area contributed by atoms with Gasteiger partial charge in [-0.15, -0.1) is 0 Å². The zero-order chi connectivity index (χ0) is 20.1. The van der Waals surface area contributed by atoms with Crippen molar-refractivity contribution in [1.82, 2.24) is 10.2 Å². The van der Waals surface area contributed by atoms with Gasteiger partial charge in [-0.25, -0.2) is 0 Å². The molecule has 0 saturated heterocycles. The summed E-state index contributed by atoms with van der Waals surface area (Å²) in [5.74, 6) is 1.81. The van der Waals surface area contributed by atoms with Crippen molar-refractivity contribution in [3.05, 3.63) is 52.0 Å². The molecule has 1 heterocycles. The van der Waals surface area contributed by atoms with Gasteiger partial charge in [-0.05, 0) is 47.9 Å². The normalized spacial score (nSPS) is 13.6. The molecule has 0 bridgehead atoms.